The Morgan fingerprint density at radius 1 is 1.25 bits per heavy atom. The van der Waals surface area contributed by atoms with Gasteiger partial charge in [-0.2, -0.15) is 18.4 Å². The summed E-state index contributed by atoms with van der Waals surface area (Å²) in [5.41, 5.74) is -4.51. The first kappa shape index (κ1) is 23.5. The van der Waals surface area contributed by atoms with Gasteiger partial charge in [0.05, 0.1) is 40.8 Å². The van der Waals surface area contributed by atoms with E-state index in [-0.39, 0.29) is 27.3 Å². The molecule has 0 saturated carbocycles. The fourth-order valence-electron chi connectivity index (χ4n) is 3.11. The molecule has 3 aromatic rings. The van der Waals surface area contributed by atoms with Crippen molar-refractivity contribution in [2.24, 2.45) is 0 Å². The summed E-state index contributed by atoms with van der Waals surface area (Å²) in [7, 11) is 1.30. The molecular weight excluding hydrogens is 454 g/mol. The van der Waals surface area contributed by atoms with Crippen molar-refractivity contribution in [3.63, 3.8) is 0 Å². The number of fused-ring (bicyclic) bond motifs is 1. The zero-order valence-corrected chi connectivity index (χ0v) is 17.2. The number of thioether (sulfide) groups is 1. The quantitative estimate of drug-likeness (QED) is 0.377. The van der Waals surface area contributed by atoms with Crippen LogP contribution in [0.4, 0.5) is 17.6 Å². The molecule has 7 nitrogen and oxygen atoms in total. The highest BCUT2D eigenvalue weighted by Crippen LogP contribution is 2.46. The number of aromatic amines is 2. The van der Waals surface area contributed by atoms with Crippen molar-refractivity contribution in [2.45, 2.75) is 17.2 Å². The first-order valence-corrected chi connectivity index (χ1v) is 9.96. The van der Waals surface area contributed by atoms with E-state index < -0.39 is 52.5 Å². The Kier molecular flexibility index (Phi) is 6.73. The Hall–Kier alpha value is -3.14. The molecule has 0 amide bonds. The number of rotatable bonds is 6. The number of hydrogen-bond donors (Lipinski definition) is 3. The molecule has 0 unspecified atom stereocenters. The minimum absolute atomic E-state index is 0.0473. The van der Waals surface area contributed by atoms with Gasteiger partial charge < -0.3 is 14.8 Å². The molecule has 0 aliphatic rings. The van der Waals surface area contributed by atoms with Gasteiger partial charge in [-0.1, -0.05) is 6.07 Å². The SMILES string of the molecule is CO[C@@H](CO)CSc1c(-c2ccc(F)cc2C#N)c(C(F)(F)F)cc2c(=O)[nH]c(=O)[nH]c12. The zero-order valence-electron chi connectivity index (χ0n) is 16.3. The van der Waals surface area contributed by atoms with Gasteiger partial charge in [0.25, 0.3) is 5.56 Å². The van der Waals surface area contributed by atoms with E-state index in [1.807, 2.05) is 4.98 Å². The van der Waals surface area contributed by atoms with E-state index in [2.05, 4.69) is 4.98 Å². The predicted octanol–water partition coefficient (Wildman–Crippen LogP) is 3.01. The molecule has 1 atom stereocenters. The van der Waals surface area contributed by atoms with Crippen molar-refractivity contribution in [1.29, 1.82) is 5.26 Å². The Morgan fingerprint density at radius 2 is 1.97 bits per heavy atom. The van der Waals surface area contributed by atoms with Crippen molar-refractivity contribution in [2.75, 3.05) is 19.5 Å². The highest BCUT2D eigenvalue weighted by Gasteiger charge is 2.37. The molecule has 1 heterocycles. The van der Waals surface area contributed by atoms with Gasteiger partial charge in [0.2, 0.25) is 0 Å². The van der Waals surface area contributed by atoms with Gasteiger partial charge in [-0.3, -0.25) is 9.78 Å². The van der Waals surface area contributed by atoms with Gasteiger partial charge in [-0.05, 0) is 18.2 Å². The zero-order chi connectivity index (χ0) is 23.6. The third kappa shape index (κ3) is 4.55. The molecule has 0 saturated heterocycles. The molecule has 3 rings (SSSR count). The minimum Gasteiger partial charge on any atom is -0.394 e. The summed E-state index contributed by atoms with van der Waals surface area (Å²) >= 11 is 0.789. The summed E-state index contributed by atoms with van der Waals surface area (Å²) < 4.78 is 61.0. The molecule has 0 bridgehead atoms. The number of aliphatic hydroxyl groups is 1. The van der Waals surface area contributed by atoms with Gasteiger partial charge in [0.1, 0.15) is 5.82 Å². The molecule has 0 fully saturated rings. The first-order valence-electron chi connectivity index (χ1n) is 8.97. The number of halogens is 4. The number of methoxy groups -OCH3 is 1. The molecule has 168 valence electrons. The van der Waals surface area contributed by atoms with Crippen molar-refractivity contribution in [3.05, 3.63) is 62.0 Å². The van der Waals surface area contributed by atoms with Crippen LogP contribution in [-0.4, -0.2) is 40.6 Å². The Bertz CT molecular complexity index is 1320. The smallest absolute Gasteiger partial charge is 0.394 e. The standard InChI is InChI=1S/C20H15F4N3O4S/c1-31-11(7-28)8-32-17-15(12-3-2-10(21)4-9(12)6-25)14(20(22,23)24)5-13-16(17)26-19(30)27-18(13)29/h2-5,11,28H,7-8H2,1H3,(H2,26,27,29,30)/t11-/m0/s1. The van der Waals surface area contributed by atoms with E-state index in [0.717, 1.165) is 30.0 Å². The summed E-state index contributed by atoms with van der Waals surface area (Å²) in [6, 6.07) is 4.98. The van der Waals surface area contributed by atoms with E-state index in [1.165, 1.54) is 7.11 Å². The number of benzene rings is 2. The Labute approximate surface area is 181 Å². The molecule has 2 aromatic carbocycles. The molecule has 0 aliphatic heterocycles. The number of ether oxygens (including phenoxy) is 1. The van der Waals surface area contributed by atoms with E-state index in [4.69, 9.17) is 4.74 Å². The van der Waals surface area contributed by atoms with Gasteiger partial charge in [-0.15, -0.1) is 11.8 Å². The topological polar surface area (TPSA) is 119 Å². The van der Waals surface area contributed by atoms with Crippen molar-refractivity contribution in [1.82, 2.24) is 9.97 Å². The Balaban J connectivity index is 2.49. The molecule has 0 aliphatic carbocycles. The molecule has 3 N–H and O–H groups in total. The fourth-order valence-corrected chi connectivity index (χ4v) is 4.37. The fraction of sp³-hybridized carbons (Fsp3) is 0.250. The molecule has 1 aromatic heterocycles. The van der Waals surface area contributed by atoms with Crippen LogP contribution in [0.25, 0.3) is 22.0 Å². The lowest BCUT2D eigenvalue weighted by Gasteiger charge is -2.21. The average molecular weight is 469 g/mol. The van der Waals surface area contributed by atoms with Crippen molar-refractivity contribution < 1.29 is 27.4 Å². The lowest BCUT2D eigenvalue weighted by atomic mass is 9.93. The summed E-state index contributed by atoms with van der Waals surface area (Å²) in [6.45, 7) is -0.438. The van der Waals surface area contributed by atoms with Crippen molar-refractivity contribution >= 4 is 22.7 Å². The third-order valence-electron chi connectivity index (χ3n) is 4.62. The molecule has 12 heteroatoms. The van der Waals surface area contributed by atoms with Gasteiger partial charge in [0.15, 0.2) is 0 Å². The van der Waals surface area contributed by atoms with Crippen LogP contribution in [0.15, 0.2) is 38.8 Å². The highest BCUT2D eigenvalue weighted by molar-refractivity contribution is 7.99. The second kappa shape index (κ2) is 9.15. The number of H-pyrrole nitrogens is 2. The van der Waals surface area contributed by atoms with Crippen LogP contribution in [0.3, 0.4) is 0 Å². The van der Waals surface area contributed by atoms with Crippen LogP contribution in [0.5, 0.6) is 0 Å². The Morgan fingerprint density at radius 3 is 2.56 bits per heavy atom. The number of alkyl halides is 3. The van der Waals surface area contributed by atoms with Crippen LogP contribution in [0.2, 0.25) is 0 Å². The maximum absolute atomic E-state index is 14.1. The monoisotopic (exact) mass is 469 g/mol. The van der Waals surface area contributed by atoms with E-state index in [1.54, 1.807) is 6.07 Å². The van der Waals surface area contributed by atoms with Gasteiger partial charge in [0, 0.05) is 28.9 Å². The van der Waals surface area contributed by atoms with Crippen LogP contribution in [0.1, 0.15) is 11.1 Å². The number of nitriles is 1. The van der Waals surface area contributed by atoms with E-state index in [0.29, 0.717) is 6.07 Å². The normalized spacial score (nSPS) is 12.7. The largest absolute Gasteiger partial charge is 0.417 e. The van der Waals surface area contributed by atoms with Gasteiger partial charge in [-0.25, -0.2) is 9.18 Å². The van der Waals surface area contributed by atoms with Crippen molar-refractivity contribution in [3.8, 4) is 17.2 Å². The lowest BCUT2D eigenvalue weighted by Crippen LogP contribution is -2.24. The first-order chi connectivity index (χ1) is 15.1. The number of nitrogens with one attached hydrogen (secondary N) is 2. The number of aliphatic hydroxyl groups excluding tert-OH is 1. The van der Waals surface area contributed by atoms with E-state index >= 15 is 0 Å². The summed E-state index contributed by atoms with van der Waals surface area (Å²) in [5, 5.41) is 18.4. The number of nitrogens with zero attached hydrogens (tertiary/aromatic N) is 1. The molecule has 0 spiro atoms. The summed E-state index contributed by atoms with van der Waals surface area (Å²) in [5.74, 6) is -0.868. The third-order valence-corrected chi connectivity index (χ3v) is 5.85. The minimum atomic E-state index is -4.96. The maximum Gasteiger partial charge on any atom is 0.417 e. The molecular formula is C20H15F4N3O4S. The lowest BCUT2D eigenvalue weighted by molar-refractivity contribution is -0.137. The highest BCUT2D eigenvalue weighted by atomic mass is 32.2. The predicted molar refractivity (Wildman–Crippen MR) is 109 cm³/mol. The van der Waals surface area contributed by atoms with E-state index in [9.17, 15) is 37.5 Å². The summed E-state index contributed by atoms with van der Waals surface area (Å²) in [6.07, 6.45) is -5.73. The van der Waals surface area contributed by atoms with Crippen LogP contribution >= 0.6 is 11.8 Å². The molecule has 32 heavy (non-hydrogen) atoms. The average Bonchev–Trinajstić information content (AvgIpc) is 2.73. The van der Waals surface area contributed by atoms with Crippen LogP contribution in [-0.2, 0) is 10.9 Å². The summed E-state index contributed by atoms with van der Waals surface area (Å²) in [4.78, 5) is 28.2. The molecule has 0 radical (unpaired) electrons. The van der Waals surface area contributed by atoms with Crippen LogP contribution in [0, 0.1) is 17.1 Å². The number of hydrogen-bond acceptors (Lipinski definition) is 6. The van der Waals surface area contributed by atoms with Crippen LogP contribution < -0.4 is 11.2 Å². The second-order valence-corrected chi connectivity index (χ2v) is 7.64. The second-order valence-electron chi connectivity index (χ2n) is 6.61. The number of aromatic nitrogens is 2. The van der Waals surface area contributed by atoms with Gasteiger partial charge >= 0.3 is 11.9 Å². The maximum atomic E-state index is 14.1.